The number of hydrogen-bond acceptors (Lipinski definition) is 6. The van der Waals surface area contributed by atoms with E-state index in [4.69, 9.17) is 4.74 Å². The molecule has 3 aliphatic carbocycles. The van der Waals surface area contributed by atoms with Crippen LogP contribution in [0.25, 0.3) is 0 Å². The van der Waals surface area contributed by atoms with Gasteiger partial charge in [-0.15, -0.1) is 10.2 Å². The molecule has 4 aliphatic rings. The first kappa shape index (κ1) is 20.6. The molecule has 2 heterocycles. The molecule has 174 valence electrons. The van der Waals surface area contributed by atoms with Crippen LogP contribution in [0.3, 0.4) is 0 Å². The molecule has 1 aromatic carbocycles. The zero-order valence-electron chi connectivity index (χ0n) is 18.7. The van der Waals surface area contributed by atoms with Crippen molar-refractivity contribution in [2.45, 2.75) is 56.6 Å². The quantitative estimate of drug-likeness (QED) is 0.699. The van der Waals surface area contributed by atoms with E-state index in [1.54, 1.807) is 0 Å². The van der Waals surface area contributed by atoms with E-state index in [2.05, 4.69) is 56.3 Å². The van der Waals surface area contributed by atoms with E-state index in [1.165, 1.54) is 31.2 Å². The zero-order chi connectivity index (χ0) is 22.4. The standard InChI is InChI=1S/C24H30N6O3/c31-22(30-13-18(14-30)33-23(32)25-12-21-26-28-29-27-21)11-24(17-4-2-1-3-5-17)7-6-16-8-15-9-19(16)20(24)10-15/h1-5,15-16,18-20H,6-14H2,(H,25,32)(H,26,27,28,29). The number of aromatic nitrogens is 4. The highest BCUT2D eigenvalue weighted by Crippen LogP contribution is 2.64. The Morgan fingerprint density at radius 2 is 2.03 bits per heavy atom. The van der Waals surface area contributed by atoms with E-state index in [0.29, 0.717) is 31.3 Å². The Kier molecular flexibility index (Phi) is 5.07. The van der Waals surface area contributed by atoms with Crippen LogP contribution >= 0.6 is 0 Å². The van der Waals surface area contributed by atoms with Gasteiger partial charge in [0.05, 0.1) is 19.6 Å². The number of nitrogens with one attached hydrogen (secondary N) is 2. The third-order valence-corrected chi connectivity index (χ3v) is 8.69. The lowest BCUT2D eigenvalue weighted by molar-refractivity contribution is -0.144. The first-order valence-electron chi connectivity index (χ1n) is 12.1. The fraction of sp³-hybridized carbons (Fsp3) is 0.625. The average Bonchev–Trinajstić information content (AvgIpc) is 3.55. The average molecular weight is 451 g/mol. The highest BCUT2D eigenvalue weighted by Gasteiger charge is 2.58. The van der Waals surface area contributed by atoms with Crippen LogP contribution in [0.4, 0.5) is 4.79 Å². The molecule has 1 aromatic heterocycles. The summed E-state index contributed by atoms with van der Waals surface area (Å²) in [6, 6.07) is 10.8. The van der Waals surface area contributed by atoms with E-state index in [1.807, 2.05) is 4.90 Å². The summed E-state index contributed by atoms with van der Waals surface area (Å²) in [5, 5.41) is 16.0. The SMILES string of the molecule is O=C(NCc1nn[nH]n1)OC1CN(C(=O)CC2(c3ccccc3)CCC3CC4CC3C2C4)C1. The minimum absolute atomic E-state index is 0.0530. The maximum atomic E-state index is 13.4. The third-order valence-electron chi connectivity index (χ3n) is 8.69. The molecule has 2 amide bonds. The summed E-state index contributed by atoms with van der Waals surface area (Å²) >= 11 is 0. The summed E-state index contributed by atoms with van der Waals surface area (Å²) < 4.78 is 5.42. The Morgan fingerprint density at radius 1 is 1.18 bits per heavy atom. The summed E-state index contributed by atoms with van der Waals surface area (Å²) in [7, 11) is 0. The van der Waals surface area contributed by atoms with Crippen molar-refractivity contribution in [3.63, 3.8) is 0 Å². The van der Waals surface area contributed by atoms with Crippen molar-refractivity contribution in [3.05, 3.63) is 41.7 Å². The number of ether oxygens (including phenoxy) is 1. The van der Waals surface area contributed by atoms with Gasteiger partial charge in [0.25, 0.3) is 0 Å². The van der Waals surface area contributed by atoms with Crippen molar-refractivity contribution in [1.29, 1.82) is 0 Å². The number of fused-ring (bicyclic) bond motifs is 1. The first-order valence-corrected chi connectivity index (χ1v) is 12.1. The van der Waals surface area contributed by atoms with Crippen LogP contribution in [0, 0.1) is 23.7 Å². The van der Waals surface area contributed by atoms with Crippen LogP contribution < -0.4 is 5.32 Å². The number of amides is 2. The molecular weight excluding hydrogens is 420 g/mol. The van der Waals surface area contributed by atoms with Gasteiger partial charge < -0.3 is 15.0 Å². The van der Waals surface area contributed by atoms with E-state index in [-0.39, 0.29) is 24.0 Å². The van der Waals surface area contributed by atoms with Crippen molar-refractivity contribution >= 4 is 12.0 Å². The number of H-pyrrole nitrogens is 1. The second-order valence-electron chi connectivity index (χ2n) is 10.3. The highest BCUT2D eigenvalue weighted by atomic mass is 16.6. The molecule has 5 atom stereocenters. The Bertz CT molecular complexity index is 1010. The van der Waals surface area contributed by atoms with Crippen molar-refractivity contribution in [2.75, 3.05) is 13.1 Å². The zero-order valence-corrected chi connectivity index (χ0v) is 18.7. The van der Waals surface area contributed by atoms with Crippen LogP contribution in [0.5, 0.6) is 0 Å². The number of carbonyl (C=O) groups excluding carboxylic acids is 2. The normalized spacial score (nSPS) is 32.4. The Balaban J connectivity index is 1.08. The number of benzene rings is 1. The number of tetrazole rings is 1. The fourth-order valence-corrected chi connectivity index (χ4v) is 7.24. The molecule has 1 aliphatic heterocycles. The lowest BCUT2D eigenvalue weighted by atomic mass is 9.54. The summed E-state index contributed by atoms with van der Waals surface area (Å²) in [6.07, 6.45) is 6.14. The Morgan fingerprint density at radius 3 is 2.79 bits per heavy atom. The Hall–Kier alpha value is -2.97. The third kappa shape index (κ3) is 3.67. The van der Waals surface area contributed by atoms with Crippen molar-refractivity contribution in [1.82, 2.24) is 30.8 Å². The van der Waals surface area contributed by atoms with Gasteiger partial charge in [0.2, 0.25) is 5.91 Å². The molecule has 33 heavy (non-hydrogen) atoms. The molecule has 9 nitrogen and oxygen atoms in total. The first-order chi connectivity index (χ1) is 16.1. The number of alkyl carbamates (subject to hydrolysis) is 1. The monoisotopic (exact) mass is 450 g/mol. The van der Waals surface area contributed by atoms with E-state index >= 15 is 0 Å². The molecule has 1 saturated heterocycles. The second kappa shape index (κ2) is 8.11. The van der Waals surface area contributed by atoms with Crippen LogP contribution in [0.1, 0.15) is 49.9 Å². The van der Waals surface area contributed by atoms with Gasteiger partial charge in [-0.2, -0.15) is 5.21 Å². The smallest absolute Gasteiger partial charge is 0.407 e. The van der Waals surface area contributed by atoms with Gasteiger partial charge in [-0.05, 0) is 61.3 Å². The summed E-state index contributed by atoms with van der Waals surface area (Å²) in [4.78, 5) is 27.3. The van der Waals surface area contributed by atoms with Gasteiger partial charge >= 0.3 is 6.09 Å². The highest BCUT2D eigenvalue weighted by molar-refractivity contribution is 5.79. The van der Waals surface area contributed by atoms with Gasteiger partial charge in [-0.3, -0.25) is 4.79 Å². The Labute approximate surface area is 192 Å². The molecule has 0 spiro atoms. The summed E-state index contributed by atoms with van der Waals surface area (Å²) in [5.74, 6) is 3.70. The minimum atomic E-state index is -0.530. The summed E-state index contributed by atoms with van der Waals surface area (Å²) in [5.41, 5.74) is 1.28. The molecule has 6 rings (SSSR count). The van der Waals surface area contributed by atoms with E-state index in [9.17, 15) is 9.59 Å². The van der Waals surface area contributed by atoms with Gasteiger partial charge in [0.1, 0.15) is 6.10 Å². The molecule has 2 aromatic rings. The minimum Gasteiger partial charge on any atom is -0.442 e. The number of likely N-dealkylation sites (tertiary alicyclic amines) is 1. The number of nitrogens with zero attached hydrogens (tertiary/aromatic N) is 4. The molecule has 4 fully saturated rings. The van der Waals surface area contributed by atoms with E-state index in [0.717, 1.165) is 24.2 Å². The van der Waals surface area contributed by atoms with Crippen LogP contribution in [-0.4, -0.2) is 56.7 Å². The van der Waals surface area contributed by atoms with Crippen LogP contribution in [-0.2, 0) is 21.5 Å². The summed E-state index contributed by atoms with van der Waals surface area (Å²) in [6.45, 7) is 1.06. The van der Waals surface area contributed by atoms with Gasteiger partial charge in [-0.25, -0.2) is 4.79 Å². The lowest BCUT2D eigenvalue weighted by Gasteiger charge is -2.51. The molecule has 3 saturated carbocycles. The second-order valence-corrected chi connectivity index (χ2v) is 10.3. The molecule has 5 unspecified atom stereocenters. The largest absolute Gasteiger partial charge is 0.442 e. The van der Waals surface area contributed by atoms with E-state index < -0.39 is 6.09 Å². The van der Waals surface area contributed by atoms with Gasteiger partial charge in [0.15, 0.2) is 5.82 Å². The molecular formula is C24H30N6O3. The predicted octanol–water partition coefficient (Wildman–Crippen LogP) is 2.42. The molecule has 2 bridgehead atoms. The number of aromatic amines is 1. The van der Waals surface area contributed by atoms with Crippen molar-refractivity contribution in [3.8, 4) is 0 Å². The maximum Gasteiger partial charge on any atom is 0.407 e. The maximum absolute atomic E-state index is 13.4. The number of carbonyl (C=O) groups is 2. The van der Waals surface area contributed by atoms with Crippen LogP contribution in [0.15, 0.2) is 30.3 Å². The van der Waals surface area contributed by atoms with Crippen molar-refractivity contribution < 1.29 is 14.3 Å². The van der Waals surface area contributed by atoms with Crippen molar-refractivity contribution in [2.24, 2.45) is 23.7 Å². The van der Waals surface area contributed by atoms with Gasteiger partial charge in [0, 0.05) is 11.8 Å². The number of hydrogen-bond donors (Lipinski definition) is 2. The molecule has 9 heteroatoms. The topological polar surface area (TPSA) is 113 Å². The number of rotatable bonds is 6. The lowest BCUT2D eigenvalue weighted by Crippen LogP contribution is -2.58. The van der Waals surface area contributed by atoms with Crippen LogP contribution in [0.2, 0.25) is 0 Å². The molecule has 2 N–H and O–H groups in total. The predicted molar refractivity (Wildman–Crippen MR) is 118 cm³/mol. The van der Waals surface area contributed by atoms with Gasteiger partial charge in [-0.1, -0.05) is 35.5 Å². The fourth-order valence-electron chi connectivity index (χ4n) is 7.24. The molecule has 0 radical (unpaired) electrons.